The Morgan fingerprint density at radius 1 is 1.45 bits per heavy atom. The highest BCUT2D eigenvalue weighted by Crippen LogP contribution is 2.37. The van der Waals surface area contributed by atoms with Crippen molar-refractivity contribution < 1.29 is 13.9 Å². The molecule has 0 aromatic heterocycles. The van der Waals surface area contributed by atoms with Gasteiger partial charge < -0.3 is 14.8 Å². The molecule has 1 N–H and O–H groups in total. The van der Waals surface area contributed by atoms with Gasteiger partial charge >= 0.3 is 0 Å². The van der Waals surface area contributed by atoms with E-state index in [4.69, 9.17) is 9.47 Å². The molecule has 0 radical (unpaired) electrons. The predicted octanol–water partition coefficient (Wildman–Crippen LogP) is 3.44. The number of methoxy groups -OCH3 is 1. The number of nitrogens with one attached hydrogen (secondary N) is 1. The number of ether oxygens (including phenoxy) is 2. The van der Waals surface area contributed by atoms with Gasteiger partial charge in [-0.2, -0.15) is 0 Å². The molecule has 0 amide bonds. The Morgan fingerprint density at radius 3 is 2.85 bits per heavy atom. The van der Waals surface area contributed by atoms with Crippen LogP contribution in [0.4, 0.5) is 4.39 Å². The Morgan fingerprint density at radius 2 is 2.20 bits per heavy atom. The molecule has 0 spiro atoms. The third kappa shape index (κ3) is 3.49. The van der Waals surface area contributed by atoms with Gasteiger partial charge in [0.05, 0.1) is 5.60 Å². The van der Waals surface area contributed by atoms with E-state index in [0.717, 1.165) is 24.9 Å². The summed E-state index contributed by atoms with van der Waals surface area (Å²) in [5, 5.41) is 3.45. The lowest BCUT2D eigenvalue weighted by Gasteiger charge is -2.36. The molecule has 0 bridgehead atoms. The molecule has 0 saturated carbocycles. The van der Waals surface area contributed by atoms with Crippen LogP contribution in [-0.4, -0.2) is 25.4 Å². The van der Waals surface area contributed by atoms with E-state index in [-0.39, 0.29) is 23.6 Å². The number of benzene rings is 1. The van der Waals surface area contributed by atoms with E-state index in [1.54, 1.807) is 7.11 Å². The van der Waals surface area contributed by atoms with Crippen molar-refractivity contribution >= 4 is 0 Å². The number of rotatable bonds is 5. The summed E-state index contributed by atoms with van der Waals surface area (Å²) >= 11 is 0. The zero-order valence-corrected chi connectivity index (χ0v) is 12.7. The normalized spacial score (nSPS) is 22.2. The lowest BCUT2D eigenvalue weighted by atomic mass is 9.90. The summed E-state index contributed by atoms with van der Waals surface area (Å²) in [6, 6.07) is 5.00. The minimum atomic E-state index is -0.259. The van der Waals surface area contributed by atoms with Gasteiger partial charge in [-0.3, -0.25) is 0 Å². The first-order valence-electron chi connectivity index (χ1n) is 7.20. The van der Waals surface area contributed by atoms with Gasteiger partial charge in [0.2, 0.25) is 0 Å². The minimum absolute atomic E-state index is 0.0308. The number of fused-ring (bicyclic) bond motifs is 1. The minimum Gasteiger partial charge on any atom is -0.490 e. The van der Waals surface area contributed by atoms with Crippen molar-refractivity contribution in [2.75, 3.05) is 13.7 Å². The van der Waals surface area contributed by atoms with Crippen LogP contribution in [0.15, 0.2) is 18.2 Å². The van der Waals surface area contributed by atoms with Gasteiger partial charge in [-0.25, -0.2) is 4.39 Å². The van der Waals surface area contributed by atoms with Crippen LogP contribution in [0.2, 0.25) is 0 Å². The van der Waals surface area contributed by atoms with Gasteiger partial charge in [0.25, 0.3) is 0 Å². The van der Waals surface area contributed by atoms with E-state index >= 15 is 0 Å². The van der Waals surface area contributed by atoms with E-state index in [9.17, 15) is 4.39 Å². The van der Waals surface area contributed by atoms with Crippen LogP contribution in [-0.2, 0) is 4.74 Å². The Hall–Kier alpha value is -1.13. The topological polar surface area (TPSA) is 30.5 Å². The smallest absolute Gasteiger partial charge is 0.127 e. The average Bonchev–Trinajstić information content (AvgIpc) is 2.38. The van der Waals surface area contributed by atoms with Crippen LogP contribution >= 0.6 is 0 Å². The first-order chi connectivity index (χ1) is 9.45. The summed E-state index contributed by atoms with van der Waals surface area (Å²) in [5.41, 5.74) is 0.798. The fraction of sp³-hybridized carbons (Fsp3) is 0.625. The van der Waals surface area contributed by atoms with E-state index < -0.39 is 0 Å². The highest BCUT2D eigenvalue weighted by Gasteiger charge is 2.32. The lowest BCUT2D eigenvalue weighted by Crippen LogP contribution is -2.38. The molecular weight excluding hydrogens is 257 g/mol. The summed E-state index contributed by atoms with van der Waals surface area (Å²) in [7, 11) is 1.71. The zero-order chi connectivity index (χ0) is 14.8. The summed E-state index contributed by atoms with van der Waals surface area (Å²) in [4.78, 5) is 0. The van der Waals surface area contributed by atoms with Crippen LogP contribution < -0.4 is 10.1 Å². The van der Waals surface area contributed by atoms with Crippen molar-refractivity contribution in [2.24, 2.45) is 0 Å². The average molecular weight is 281 g/mol. The van der Waals surface area contributed by atoms with Crippen molar-refractivity contribution in [1.82, 2.24) is 5.32 Å². The molecular formula is C16H24FNO2. The van der Waals surface area contributed by atoms with Crippen LogP contribution in [0.3, 0.4) is 0 Å². The van der Waals surface area contributed by atoms with Crippen LogP contribution in [0.5, 0.6) is 5.75 Å². The fourth-order valence-corrected chi connectivity index (χ4v) is 2.71. The maximum absolute atomic E-state index is 13.4. The molecule has 1 aliphatic heterocycles. The maximum atomic E-state index is 13.4. The largest absolute Gasteiger partial charge is 0.490 e. The molecule has 2 rings (SSSR count). The number of hydrogen-bond acceptors (Lipinski definition) is 3. The Labute approximate surface area is 120 Å². The molecule has 0 aliphatic carbocycles. The first-order valence-corrected chi connectivity index (χ1v) is 7.20. The molecule has 2 unspecified atom stereocenters. The van der Waals surface area contributed by atoms with Crippen LogP contribution in [0.25, 0.3) is 0 Å². The van der Waals surface area contributed by atoms with E-state index in [0.29, 0.717) is 5.75 Å². The van der Waals surface area contributed by atoms with Gasteiger partial charge in [0.15, 0.2) is 0 Å². The molecule has 0 fully saturated rings. The zero-order valence-electron chi connectivity index (χ0n) is 12.7. The molecule has 1 aromatic rings. The van der Waals surface area contributed by atoms with Gasteiger partial charge in [-0.1, -0.05) is 13.0 Å². The van der Waals surface area contributed by atoms with Crippen molar-refractivity contribution in [3.63, 3.8) is 0 Å². The van der Waals surface area contributed by atoms with E-state index in [1.165, 1.54) is 12.1 Å². The molecule has 1 aromatic carbocycles. The van der Waals surface area contributed by atoms with Gasteiger partial charge in [0.1, 0.15) is 17.7 Å². The third-order valence-corrected chi connectivity index (χ3v) is 3.87. The second-order valence-corrected chi connectivity index (χ2v) is 5.94. The quantitative estimate of drug-likeness (QED) is 0.896. The molecule has 3 nitrogen and oxygen atoms in total. The fourth-order valence-electron chi connectivity index (χ4n) is 2.71. The van der Waals surface area contributed by atoms with Crippen molar-refractivity contribution in [1.29, 1.82) is 0 Å². The molecule has 20 heavy (non-hydrogen) atoms. The van der Waals surface area contributed by atoms with Gasteiger partial charge in [0, 0.05) is 37.6 Å². The highest BCUT2D eigenvalue weighted by molar-refractivity contribution is 5.38. The van der Waals surface area contributed by atoms with Crippen molar-refractivity contribution in [3.05, 3.63) is 29.6 Å². The summed E-state index contributed by atoms with van der Waals surface area (Å²) in [6.07, 6.45) is 1.68. The Bertz CT molecular complexity index is 462. The van der Waals surface area contributed by atoms with Crippen LogP contribution in [0, 0.1) is 5.82 Å². The summed E-state index contributed by atoms with van der Waals surface area (Å²) < 4.78 is 24.9. The Balaban J connectivity index is 2.21. The van der Waals surface area contributed by atoms with Gasteiger partial charge in [-0.15, -0.1) is 0 Å². The Kier molecular flexibility index (Phi) is 4.66. The van der Waals surface area contributed by atoms with Crippen molar-refractivity contribution in [2.45, 2.75) is 51.4 Å². The number of hydrogen-bond donors (Lipinski definition) is 1. The molecule has 112 valence electrons. The van der Waals surface area contributed by atoms with E-state index in [2.05, 4.69) is 12.2 Å². The predicted molar refractivity (Wildman–Crippen MR) is 77.6 cm³/mol. The highest BCUT2D eigenvalue weighted by atomic mass is 19.1. The standard InChI is InChI=1S/C16H24FNO2/c1-5-18-14-9-12(10-16(2,3)19-4)20-15-8-11(17)6-7-13(14)15/h6-8,12,14,18H,5,9-10H2,1-4H3. The molecule has 1 heterocycles. The third-order valence-electron chi connectivity index (χ3n) is 3.87. The first kappa shape index (κ1) is 15.3. The molecule has 2 atom stereocenters. The number of halogens is 1. The monoisotopic (exact) mass is 281 g/mol. The second kappa shape index (κ2) is 6.10. The van der Waals surface area contributed by atoms with E-state index in [1.807, 2.05) is 19.9 Å². The van der Waals surface area contributed by atoms with Crippen LogP contribution in [0.1, 0.15) is 45.2 Å². The second-order valence-electron chi connectivity index (χ2n) is 5.94. The maximum Gasteiger partial charge on any atom is 0.127 e. The molecule has 1 aliphatic rings. The van der Waals surface area contributed by atoms with Gasteiger partial charge in [-0.05, 0) is 26.5 Å². The lowest BCUT2D eigenvalue weighted by molar-refractivity contribution is -0.0205. The summed E-state index contributed by atoms with van der Waals surface area (Å²) in [5.74, 6) is 0.393. The summed E-state index contributed by atoms with van der Waals surface area (Å²) in [6.45, 7) is 7.04. The molecule has 4 heteroatoms. The SMILES string of the molecule is CCNC1CC(CC(C)(C)OC)Oc2cc(F)ccc21. The van der Waals surface area contributed by atoms with Crippen molar-refractivity contribution in [3.8, 4) is 5.75 Å². The molecule has 0 saturated heterocycles.